The average Bonchev–Trinajstić information content (AvgIpc) is 2.21. The number of ether oxygens (including phenoxy) is 1. The third-order valence-electron chi connectivity index (χ3n) is 2.47. The molecule has 0 saturated carbocycles. The van der Waals surface area contributed by atoms with Crippen LogP contribution in [0.25, 0.3) is 0 Å². The highest BCUT2D eigenvalue weighted by Gasteiger charge is 1.94. The molecule has 2 heteroatoms. The number of rotatable bonds is 8. The quantitative estimate of drug-likeness (QED) is 0.348. The molecule has 0 aliphatic carbocycles. The van der Waals surface area contributed by atoms with E-state index in [4.69, 9.17) is 4.74 Å². The largest absolute Gasteiger partial charge is 0.466 e. The molecular weight excluding hydrogens is 188 g/mol. The molecule has 88 valence electrons. The van der Waals surface area contributed by atoms with Crippen LogP contribution >= 0.6 is 0 Å². The molecule has 0 amide bonds. The molecule has 0 aromatic carbocycles. The van der Waals surface area contributed by atoms with Gasteiger partial charge in [0.25, 0.3) is 0 Å². The molecule has 0 bridgehead atoms. The lowest BCUT2D eigenvalue weighted by atomic mass is 10.0. The highest BCUT2D eigenvalue weighted by molar-refractivity contribution is 5.65. The highest BCUT2D eigenvalue weighted by Crippen LogP contribution is 2.07. The zero-order valence-electron chi connectivity index (χ0n) is 10.3. The van der Waals surface area contributed by atoms with Crippen LogP contribution in [-0.2, 0) is 9.53 Å². The van der Waals surface area contributed by atoms with Crippen molar-refractivity contribution in [2.75, 3.05) is 6.61 Å². The monoisotopic (exact) mass is 212 g/mol. The molecule has 0 aliphatic rings. The number of hydrogen-bond donors (Lipinski definition) is 0. The van der Waals surface area contributed by atoms with Gasteiger partial charge in [0.1, 0.15) is 0 Å². The molecule has 0 N–H and O–H groups in total. The van der Waals surface area contributed by atoms with Crippen LogP contribution in [0.4, 0.5) is 0 Å². The Labute approximate surface area is 93.7 Å². The van der Waals surface area contributed by atoms with Gasteiger partial charge >= 0.3 is 5.97 Å². The van der Waals surface area contributed by atoms with Crippen LogP contribution in [0.2, 0.25) is 0 Å². The van der Waals surface area contributed by atoms with Crippen LogP contribution in [0, 0.1) is 5.92 Å². The Kier molecular flexibility index (Phi) is 9.24. The van der Waals surface area contributed by atoms with E-state index in [1.807, 2.05) is 0 Å². The number of hydrogen-bond acceptors (Lipinski definition) is 2. The summed E-state index contributed by atoms with van der Waals surface area (Å²) in [5.41, 5.74) is 0. The van der Waals surface area contributed by atoms with Crippen molar-refractivity contribution in [2.24, 2.45) is 5.92 Å². The van der Waals surface area contributed by atoms with Crippen LogP contribution in [0.1, 0.15) is 52.9 Å². The molecule has 0 heterocycles. The first kappa shape index (κ1) is 14.2. The standard InChI is InChI=1S/C13H24O2/c1-4-12(2)10-8-6-5-7-9-11-15-13(3)14/h6,8,12H,4-5,7,9-11H2,1-3H3/b8-6-/t12-/m0/s1. The molecule has 0 aromatic heterocycles. The molecule has 0 fully saturated rings. The maximum absolute atomic E-state index is 10.5. The van der Waals surface area contributed by atoms with Gasteiger partial charge in [0, 0.05) is 6.92 Å². The summed E-state index contributed by atoms with van der Waals surface area (Å²) in [6.45, 7) is 6.50. The SMILES string of the molecule is CC[C@H](C)C/C=C\CCCCOC(C)=O. The van der Waals surface area contributed by atoms with Crippen molar-refractivity contribution in [1.82, 2.24) is 0 Å². The molecule has 0 spiro atoms. The Hall–Kier alpha value is -0.790. The van der Waals surface area contributed by atoms with Gasteiger partial charge in [0.15, 0.2) is 0 Å². The molecule has 0 rings (SSSR count). The first-order chi connectivity index (χ1) is 7.16. The van der Waals surface area contributed by atoms with Crippen LogP contribution in [-0.4, -0.2) is 12.6 Å². The highest BCUT2D eigenvalue weighted by atomic mass is 16.5. The molecule has 1 atom stereocenters. The van der Waals surface area contributed by atoms with E-state index in [9.17, 15) is 4.79 Å². The molecule has 0 radical (unpaired) electrons. The predicted molar refractivity (Wildman–Crippen MR) is 63.7 cm³/mol. The van der Waals surface area contributed by atoms with Gasteiger partial charge in [-0.2, -0.15) is 0 Å². The normalized spacial score (nSPS) is 13.0. The Morgan fingerprint density at radius 2 is 2.07 bits per heavy atom. The van der Waals surface area contributed by atoms with Gasteiger partial charge in [-0.1, -0.05) is 32.4 Å². The Bertz CT molecular complexity index is 185. The fraction of sp³-hybridized carbons (Fsp3) is 0.769. The summed E-state index contributed by atoms with van der Waals surface area (Å²) in [6, 6.07) is 0. The van der Waals surface area contributed by atoms with E-state index in [1.54, 1.807) is 0 Å². The summed E-state index contributed by atoms with van der Waals surface area (Å²) in [5.74, 6) is 0.615. The second-order valence-electron chi connectivity index (χ2n) is 4.06. The zero-order chi connectivity index (χ0) is 11.5. The fourth-order valence-electron chi connectivity index (χ4n) is 1.19. The Morgan fingerprint density at radius 1 is 1.33 bits per heavy atom. The lowest BCUT2D eigenvalue weighted by Crippen LogP contribution is -1.99. The van der Waals surface area contributed by atoms with E-state index < -0.39 is 0 Å². The number of unbranched alkanes of at least 4 members (excludes halogenated alkanes) is 2. The molecule has 0 aromatic rings. The van der Waals surface area contributed by atoms with Gasteiger partial charge < -0.3 is 4.74 Å². The Balaban J connectivity index is 3.20. The minimum Gasteiger partial charge on any atom is -0.466 e. The van der Waals surface area contributed by atoms with Crippen molar-refractivity contribution >= 4 is 5.97 Å². The molecule has 15 heavy (non-hydrogen) atoms. The minimum atomic E-state index is -0.178. The third kappa shape index (κ3) is 11.1. The summed E-state index contributed by atoms with van der Waals surface area (Å²) < 4.78 is 4.84. The van der Waals surface area contributed by atoms with E-state index in [0.717, 1.165) is 25.2 Å². The van der Waals surface area contributed by atoms with Crippen LogP contribution in [0.15, 0.2) is 12.2 Å². The number of carbonyl (C=O) groups is 1. The summed E-state index contributed by atoms with van der Waals surface area (Å²) in [4.78, 5) is 10.5. The smallest absolute Gasteiger partial charge is 0.302 e. The minimum absolute atomic E-state index is 0.178. The molecule has 0 aliphatic heterocycles. The van der Waals surface area contributed by atoms with Crippen molar-refractivity contribution in [3.63, 3.8) is 0 Å². The molecular formula is C13H24O2. The van der Waals surface area contributed by atoms with Crippen LogP contribution in [0.5, 0.6) is 0 Å². The lowest BCUT2D eigenvalue weighted by Gasteiger charge is -2.02. The van der Waals surface area contributed by atoms with Gasteiger partial charge in [-0.15, -0.1) is 0 Å². The number of esters is 1. The maximum Gasteiger partial charge on any atom is 0.302 e. The summed E-state index contributed by atoms with van der Waals surface area (Å²) >= 11 is 0. The Morgan fingerprint density at radius 3 is 2.67 bits per heavy atom. The lowest BCUT2D eigenvalue weighted by molar-refractivity contribution is -0.141. The van der Waals surface area contributed by atoms with E-state index in [1.165, 1.54) is 19.8 Å². The predicted octanol–water partition coefficient (Wildman–Crippen LogP) is 3.71. The summed E-state index contributed by atoms with van der Waals surface area (Å²) in [5, 5.41) is 0. The molecule has 2 nitrogen and oxygen atoms in total. The average molecular weight is 212 g/mol. The van der Waals surface area contributed by atoms with Crippen molar-refractivity contribution < 1.29 is 9.53 Å². The second-order valence-corrected chi connectivity index (χ2v) is 4.06. The van der Waals surface area contributed by atoms with E-state index >= 15 is 0 Å². The summed E-state index contributed by atoms with van der Waals surface area (Å²) in [7, 11) is 0. The number of carbonyl (C=O) groups excluding carboxylic acids is 1. The van der Waals surface area contributed by atoms with Gasteiger partial charge in [-0.05, 0) is 31.6 Å². The maximum atomic E-state index is 10.5. The third-order valence-corrected chi connectivity index (χ3v) is 2.47. The van der Waals surface area contributed by atoms with E-state index in [-0.39, 0.29) is 5.97 Å². The topological polar surface area (TPSA) is 26.3 Å². The van der Waals surface area contributed by atoms with Crippen molar-refractivity contribution in [3.8, 4) is 0 Å². The first-order valence-electron chi connectivity index (χ1n) is 5.95. The number of allylic oxidation sites excluding steroid dienone is 2. The first-order valence-corrected chi connectivity index (χ1v) is 5.95. The zero-order valence-corrected chi connectivity index (χ0v) is 10.3. The van der Waals surface area contributed by atoms with Crippen LogP contribution in [0.3, 0.4) is 0 Å². The van der Waals surface area contributed by atoms with Gasteiger partial charge in [0.05, 0.1) is 6.61 Å². The van der Waals surface area contributed by atoms with Crippen molar-refractivity contribution in [1.29, 1.82) is 0 Å². The van der Waals surface area contributed by atoms with E-state index in [0.29, 0.717) is 6.61 Å². The van der Waals surface area contributed by atoms with Crippen LogP contribution < -0.4 is 0 Å². The van der Waals surface area contributed by atoms with Gasteiger partial charge in [0.2, 0.25) is 0 Å². The van der Waals surface area contributed by atoms with Crippen molar-refractivity contribution in [2.45, 2.75) is 52.9 Å². The molecule has 0 saturated heterocycles. The molecule has 0 unspecified atom stereocenters. The second kappa shape index (κ2) is 9.75. The van der Waals surface area contributed by atoms with E-state index in [2.05, 4.69) is 26.0 Å². The fourth-order valence-corrected chi connectivity index (χ4v) is 1.19. The summed E-state index contributed by atoms with van der Waals surface area (Å²) in [6.07, 6.45) is 10.1. The van der Waals surface area contributed by atoms with Gasteiger partial charge in [-0.25, -0.2) is 0 Å². The van der Waals surface area contributed by atoms with Gasteiger partial charge in [-0.3, -0.25) is 4.79 Å². The van der Waals surface area contributed by atoms with Crippen molar-refractivity contribution in [3.05, 3.63) is 12.2 Å².